The number of nitrogens with zero attached hydrogens (tertiary/aromatic N) is 2. The van der Waals surface area contributed by atoms with Crippen LogP contribution < -0.4 is 5.32 Å². The maximum Gasteiger partial charge on any atom is 0.0232 e. The Balaban J connectivity index is 2.69. The van der Waals surface area contributed by atoms with Crippen LogP contribution in [0.25, 0.3) is 0 Å². The Morgan fingerprint density at radius 2 is 1.82 bits per heavy atom. The molecule has 0 amide bonds. The van der Waals surface area contributed by atoms with Crippen LogP contribution in [0.4, 0.5) is 0 Å². The van der Waals surface area contributed by atoms with Crippen LogP contribution in [-0.2, 0) is 0 Å². The molecule has 0 aliphatic carbocycles. The lowest BCUT2D eigenvalue weighted by atomic mass is 10.0. The first-order valence-corrected chi connectivity index (χ1v) is 6.94. The van der Waals surface area contributed by atoms with Gasteiger partial charge in [0, 0.05) is 31.2 Å². The largest absolute Gasteiger partial charge is 0.320 e. The standard InChI is InChI=1S/C14H31N3/c1-12-9-16(6)13(7-8-15-5)11-17(10-12)14(2,3)4/h12-13,15H,7-11H2,1-6H3. The van der Waals surface area contributed by atoms with E-state index in [4.69, 9.17) is 0 Å². The van der Waals surface area contributed by atoms with Gasteiger partial charge in [0.15, 0.2) is 0 Å². The Bertz CT molecular complexity index is 222. The average Bonchev–Trinajstić information content (AvgIpc) is 2.33. The Morgan fingerprint density at radius 1 is 1.18 bits per heavy atom. The van der Waals surface area contributed by atoms with Gasteiger partial charge < -0.3 is 10.2 Å². The van der Waals surface area contributed by atoms with E-state index >= 15 is 0 Å². The van der Waals surface area contributed by atoms with Gasteiger partial charge in [0.05, 0.1) is 0 Å². The van der Waals surface area contributed by atoms with Crippen LogP contribution in [0.3, 0.4) is 0 Å². The first-order chi connectivity index (χ1) is 7.84. The maximum absolute atomic E-state index is 3.28. The molecule has 1 aliphatic rings. The zero-order chi connectivity index (χ0) is 13.1. The highest BCUT2D eigenvalue weighted by Gasteiger charge is 2.30. The third-order valence-electron chi connectivity index (χ3n) is 3.86. The van der Waals surface area contributed by atoms with Crippen molar-refractivity contribution in [3.63, 3.8) is 0 Å². The molecule has 1 N–H and O–H groups in total. The van der Waals surface area contributed by atoms with Gasteiger partial charge in [-0.3, -0.25) is 4.90 Å². The summed E-state index contributed by atoms with van der Waals surface area (Å²) in [7, 11) is 4.32. The lowest BCUT2D eigenvalue weighted by molar-refractivity contribution is 0.111. The van der Waals surface area contributed by atoms with E-state index in [0.29, 0.717) is 6.04 Å². The monoisotopic (exact) mass is 241 g/mol. The van der Waals surface area contributed by atoms with Gasteiger partial charge in [0.2, 0.25) is 0 Å². The molecular weight excluding hydrogens is 210 g/mol. The molecule has 2 atom stereocenters. The molecule has 0 spiro atoms. The lowest BCUT2D eigenvalue weighted by Crippen LogP contribution is -2.47. The normalized spacial score (nSPS) is 29.3. The van der Waals surface area contributed by atoms with Gasteiger partial charge in [-0.25, -0.2) is 0 Å². The highest BCUT2D eigenvalue weighted by molar-refractivity contribution is 4.87. The zero-order valence-electron chi connectivity index (χ0n) is 12.6. The Kier molecular flexibility index (Phi) is 5.42. The Morgan fingerprint density at radius 3 is 2.35 bits per heavy atom. The van der Waals surface area contributed by atoms with Crippen LogP contribution in [0, 0.1) is 5.92 Å². The van der Waals surface area contributed by atoms with Crippen molar-refractivity contribution in [2.75, 3.05) is 40.3 Å². The van der Waals surface area contributed by atoms with Crippen molar-refractivity contribution in [3.8, 4) is 0 Å². The van der Waals surface area contributed by atoms with Gasteiger partial charge in [-0.05, 0) is 53.8 Å². The van der Waals surface area contributed by atoms with E-state index in [1.54, 1.807) is 0 Å². The van der Waals surface area contributed by atoms with Crippen LogP contribution in [0.1, 0.15) is 34.1 Å². The minimum absolute atomic E-state index is 0.289. The summed E-state index contributed by atoms with van der Waals surface area (Å²) in [6, 6.07) is 0.687. The minimum atomic E-state index is 0.289. The fourth-order valence-corrected chi connectivity index (χ4v) is 2.71. The highest BCUT2D eigenvalue weighted by Crippen LogP contribution is 2.22. The molecule has 0 aromatic heterocycles. The first-order valence-electron chi connectivity index (χ1n) is 6.94. The molecule has 1 fully saturated rings. The second kappa shape index (κ2) is 6.17. The van der Waals surface area contributed by atoms with Crippen molar-refractivity contribution >= 4 is 0 Å². The van der Waals surface area contributed by atoms with Crippen molar-refractivity contribution in [2.24, 2.45) is 5.92 Å². The van der Waals surface area contributed by atoms with E-state index in [0.717, 1.165) is 12.5 Å². The molecule has 3 nitrogen and oxygen atoms in total. The lowest BCUT2D eigenvalue weighted by Gasteiger charge is -2.38. The molecule has 3 heteroatoms. The fourth-order valence-electron chi connectivity index (χ4n) is 2.71. The maximum atomic E-state index is 3.28. The van der Waals surface area contributed by atoms with Crippen molar-refractivity contribution in [3.05, 3.63) is 0 Å². The SMILES string of the molecule is CNCCC1CN(C(C)(C)C)CC(C)CN1C. The van der Waals surface area contributed by atoms with Crippen molar-refractivity contribution in [1.29, 1.82) is 0 Å². The highest BCUT2D eigenvalue weighted by atomic mass is 15.3. The molecule has 2 unspecified atom stereocenters. The number of rotatable bonds is 3. The van der Waals surface area contributed by atoms with Gasteiger partial charge in [-0.15, -0.1) is 0 Å². The van der Waals surface area contributed by atoms with Crippen molar-refractivity contribution in [2.45, 2.75) is 45.7 Å². The number of hydrogen-bond acceptors (Lipinski definition) is 3. The fraction of sp³-hybridized carbons (Fsp3) is 1.00. The summed E-state index contributed by atoms with van der Waals surface area (Å²) in [6.07, 6.45) is 1.24. The quantitative estimate of drug-likeness (QED) is 0.810. The smallest absolute Gasteiger partial charge is 0.0232 e. The second-order valence-electron chi connectivity index (χ2n) is 6.67. The molecule has 1 rings (SSSR count). The number of hydrogen-bond donors (Lipinski definition) is 1. The van der Waals surface area contributed by atoms with Crippen LogP contribution in [-0.4, -0.2) is 61.7 Å². The molecule has 1 saturated heterocycles. The summed E-state index contributed by atoms with van der Waals surface area (Å²) in [5.41, 5.74) is 0.289. The molecule has 0 bridgehead atoms. The predicted molar refractivity (Wildman–Crippen MR) is 75.5 cm³/mol. The van der Waals surface area contributed by atoms with Crippen LogP contribution >= 0.6 is 0 Å². The van der Waals surface area contributed by atoms with Crippen LogP contribution in [0.5, 0.6) is 0 Å². The van der Waals surface area contributed by atoms with Gasteiger partial charge in [0.25, 0.3) is 0 Å². The summed E-state index contributed by atoms with van der Waals surface area (Å²) in [5, 5.41) is 3.28. The van der Waals surface area contributed by atoms with Gasteiger partial charge in [-0.1, -0.05) is 6.92 Å². The Labute approximate surface area is 108 Å². The molecule has 0 aromatic rings. The number of nitrogens with one attached hydrogen (secondary N) is 1. The molecule has 0 radical (unpaired) electrons. The molecule has 17 heavy (non-hydrogen) atoms. The van der Waals surface area contributed by atoms with Crippen molar-refractivity contribution < 1.29 is 0 Å². The summed E-state index contributed by atoms with van der Waals surface area (Å²) in [5.74, 6) is 0.763. The summed E-state index contributed by atoms with van der Waals surface area (Å²) in [6.45, 7) is 14.1. The predicted octanol–water partition coefficient (Wildman–Crippen LogP) is 1.65. The third-order valence-corrected chi connectivity index (χ3v) is 3.86. The van der Waals surface area contributed by atoms with Crippen molar-refractivity contribution in [1.82, 2.24) is 15.1 Å². The van der Waals surface area contributed by atoms with Gasteiger partial charge in [-0.2, -0.15) is 0 Å². The van der Waals surface area contributed by atoms with Gasteiger partial charge >= 0.3 is 0 Å². The average molecular weight is 241 g/mol. The molecule has 1 heterocycles. The van der Waals surface area contributed by atoms with Crippen LogP contribution in [0.15, 0.2) is 0 Å². The van der Waals surface area contributed by atoms with Gasteiger partial charge in [0.1, 0.15) is 0 Å². The number of likely N-dealkylation sites (N-methyl/N-ethyl adjacent to an activating group) is 1. The summed E-state index contributed by atoms with van der Waals surface area (Å²) < 4.78 is 0. The topological polar surface area (TPSA) is 18.5 Å². The summed E-state index contributed by atoms with van der Waals surface area (Å²) in [4.78, 5) is 5.20. The molecule has 102 valence electrons. The molecule has 0 aromatic carbocycles. The first kappa shape index (κ1) is 14.9. The molecule has 1 aliphatic heterocycles. The third kappa shape index (κ3) is 4.57. The van der Waals surface area contributed by atoms with Crippen LogP contribution in [0.2, 0.25) is 0 Å². The molecule has 0 saturated carbocycles. The van der Waals surface area contributed by atoms with E-state index in [9.17, 15) is 0 Å². The second-order valence-corrected chi connectivity index (χ2v) is 6.67. The van der Waals surface area contributed by atoms with E-state index in [1.807, 2.05) is 7.05 Å². The zero-order valence-corrected chi connectivity index (χ0v) is 12.6. The van der Waals surface area contributed by atoms with E-state index in [-0.39, 0.29) is 5.54 Å². The minimum Gasteiger partial charge on any atom is -0.320 e. The summed E-state index contributed by atoms with van der Waals surface area (Å²) >= 11 is 0. The van der Waals surface area contributed by atoms with E-state index in [2.05, 4.69) is 49.9 Å². The molecular formula is C14H31N3. The Hall–Kier alpha value is -0.120. The van der Waals surface area contributed by atoms with E-state index in [1.165, 1.54) is 26.1 Å². The van der Waals surface area contributed by atoms with E-state index < -0.39 is 0 Å².